The second kappa shape index (κ2) is 25.0. The number of benzene rings is 4. The fraction of sp³-hybridized carbons (Fsp3) is 0.491. The summed E-state index contributed by atoms with van der Waals surface area (Å²) in [6.07, 6.45) is 0.137. The molecule has 73 heavy (non-hydrogen) atoms. The average molecular weight is 1070 g/mol. The van der Waals surface area contributed by atoms with Crippen LogP contribution in [-0.4, -0.2) is 102 Å². The normalized spacial score (nSPS) is 21.9. The first-order chi connectivity index (χ1) is 34.6. The van der Waals surface area contributed by atoms with Gasteiger partial charge in [-0.15, -0.1) is 0 Å². The Kier molecular flexibility index (Phi) is 19.6. The van der Waals surface area contributed by atoms with Crippen LogP contribution in [-0.2, 0) is 29.2 Å². The van der Waals surface area contributed by atoms with Crippen LogP contribution in [0.25, 0.3) is 0 Å². The van der Waals surface area contributed by atoms with Crippen molar-refractivity contribution in [3.63, 3.8) is 0 Å². The van der Waals surface area contributed by atoms with Crippen molar-refractivity contribution < 1.29 is 46.8 Å². The van der Waals surface area contributed by atoms with Crippen LogP contribution in [0.15, 0.2) is 78.9 Å². The molecule has 6 rings (SSSR count). The maximum Gasteiger partial charge on any atom is 0.251 e. The van der Waals surface area contributed by atoms with Gasteiger partial charge in [-0.1, -0.05) is 101 Å². The summed E-state index contributed by atoms with van der Waals surface area (Å²) in [6, 6.07) is 22.7. The number of carbonyl (C=O) groups excluding carboxylic acids is 2. The maximum absolute atomic E-state index is 15.9. The topological polar surface area (TPSA) is 173 Å². The molecule has 1 aliphatic heterocycles. The Morgan fingerprint density at radius 2 is 1.36 bits per heavy atom. The van der Waals surface area contributed by atoms with E-state index < -0.39 is 51.8 Å². The second-order valence-electron chi connectivity index (χ2n) is 20.6. The highest BCUT2D eigenvalue weighted by atomic mass is 35.5. The monoisotopic (exact) mass is 1070 g/mol. The van der Waals surface area contributed by atoms with E-state index in [1.807, 2.05) is 20.8 Å². The van der Waals surface area contributed by atoms with Crippen molar-refractivity contribution in [1.29, 1.82) is 10.5 Å². The number of hydrogen-bond acceptors (Lipinski definition) is 11. The minimum absolute atomic E-state index is 0.00462. The number of nitrogens with one attached hydrogen (secondary N) is 3. The van der Waals surface area contributed by atoms with Crippen LogP contribution in [0.4, 0.5) is 8.78 Å². The van der Waals surface area contributed by atoms with Gasteiger partial charge in [-0.3, -0.25) is 9.59 Å². The van der Waals surface area contributed by atoms with Gasteiger partial charge in [-0.25, -0.2) is 8.78 Å². The van der Waals surface area contributed by atoms with Gasteiger partial charge in [0.05, 0.1) is 80.6 Å². The summed E-state index contributed by atoms with van der Waals surface area (Å²) in [4.78, 5) is 27.3. The third-order valence-electron chi connectivity index (χ3n) is 13.4. The first-order valence-corrected chi connectivity index (χ1v) is 25.3. The number of carbonyl (C=O) groups is 2. The standard InChI is InChI=1S/C55H64Cl3F2N5O8/c1-52(2,3)31-44-55(33-62,40-18-14-36(56)29-43(40)59)45(39-9-8-10-41(57)46(39)60)47(64-44)49(67)63-19-20-68-21-22-69-23-24-70-25-26-71-27-28-72-37-15-11-34(12-16-37)48(66)65-50-53(4,5)51(54(50,6)7)73-38-17-13-35(32-61)42(58)30-38/h8-18,29-30,44-45,47,50-51,64H,19-28,31H2,1-7H3,(H,63,67)(H,65,66)/t44-,45+,47?,50?,51?,55-/m0/s1. The van der Waals surface area contributed by atoms with Gasteiger partial charge >= 0.3 is 0 Å². The van der Waals surface area contributed by atoms with Gasteiger partial charge in [0.2, 0.25) is 5.91 Å². The molecule has 18 heteroatoms. The molecule has 2 aliphatic rings. The van der Waals surface area contributed by atoms with E-state index in [4.69, 9.17) is 63.2 Å². The predicted molar refractivity (Wildman–Crippen MR) is 275 cm³/mol. The van der Waals surface area contributed by atoms with Gasteiger partial charge in [-0.05, 0) is 72.0 Å². The van der Waals surface area contributed by atoms with E-state index in [1.54, 1.807) is 48.5 Å². The van der Waals surface area contributed by atoms with Crippen molar-refractivity contribution in [3.05, 3.63) is 128 Å². The lowest BCUT2D eigenvalue weighted by Gasteiger charge is -2.63. The molecule has 2 fully saturated rings. The number of nitrogens with zero attached hydrogens (tertiary/aromatic N) is 2. The number of ether oxygens (including phenoxy) is 6. The molecule has 3 N–H and O–H groups in total. The van der Waals surface area contributed by atoms with Crippen molar-refractivity contribution in [3.8, 4) is 23.6 Å². The largest absolute Gasteiger partial charge is 0.491 e. The zero-order valence-corrected chi connectivity index (χ0v) is 44.5. The van der Waals surface area contributed by atoms with Crippen LogP contribution >= 0.6 is 34.8 Å². The molecule has 1 saturated carbocycles. The van der Waals surface area contributed by atoms with Crippen LogP contribution in [0, 0.1) is 50.5 Å². The SMILES string of the molecule is CC(C)(C)C[C@@H]1NC(C(=O)NCCOCCOCCOCCOCCOc2ccc(C(=O)NC3C(C)(C)C(Oc4ccc(C#N)c(Cl)c4)C3(C)C)cc2)[C@@H](c2cccc(Cl)c2F)[C@@]1(C#N)c1ccc(Cl)cc1F. The summed E-state index contributed by atoms with van der Waals surface area (Å²) in [5, 5.41) is 29.8. The van der Waals surface area contributed by atoms with Crippen LogP contribution in [0.5, 0.6) is 11.5 Å². The number of halogens is 5. The van der Waals surface area contributed by atoms with Gasteiger partial charge in [-0.2, -0.15) is 10.5 Å². The van der Waals surface area contributed by atoms with Crippen LogP contribution in [0.3, 0.4) is 0 Å². The molecule has 0 radical (unpaired) electrons. The first-order valence-electron chi connectivity index (χ1n) is 24.2. The van der Waals surface area contributed by atoms with Crippen molar-refractivity contribution in [2.45, 2.75) is 90.4 Å². The molecular formula is C55H64Cl3F2N5O8. The predicted octanol–water partition coefficient (Wildman–Crippen LogP) is 9.99. The van der Waals surface area contributed by atoms with Crippen molar-refractivity contribution >= 4 is 46.6 Å². The van der Waals surface area contributed by atoms with E-state index in [9.17, 15) is 20.1 Å². The molecule has 4 atom stereocenters. The fourth-order valence-electron chi connectivity index (χ4n) is 10.4. The quantitative estimate of drug-likeness (QED) is 0.0570. The van der Waals surface area contributed by atoms with Gasteiger partial charge < -0.3 is 44.4 Å². The molecule has 0 bridgehead atoms. The Labute approximate surface area is 442 Å². The summed E-state index contributed by atoms with van der Waals surface area (Å²) in [5.74, 6) is -2.23. The molecule has 0 aromatic heterocycles. The highest BCUT2D eigenvalue weighted by molar-refractivity contribution is 6.32. The highest BCUT2D eigenvalue weighted by Gasteiger charge is 2.64. The van der Waals surface area contributed by atoms with Crippen molar-refractivity contribution in [1.82, 2.24) is 16.0 Å². The Balaban J connectivity index is 0.840. The lowest BCUT2D eigenvalue weighted by Crippen LogP contribution is -2.74. The molecular weight excluding hydrogens is 1000 g/mol. The molecule has 13 nitrogen and oxygen atoms in total. The average Bonchev–Trinajstić information content (AvgIpc) is 3.65. The molecule has 1 aliphatic carbocycles. The van der Waals surface area contributed by atoms with Crippen LogP contribution in [0.1, 0.15) is 87.9 Å². The van der Waals surface area contributed by atoms with E-state index in [0.717, 1.165) is 6.07 Å². The summed E-state index contributed by atoms with van der Waals surface area (Å²) < 4.78 is 66.4. The lowest BCUT2D eigenvalue weighted by atomic mass is 9.49. The van der Waals surface area contributed by atoms with E-state index in [1.165, 1.54) is 24.3 Å². The fourth-order valence-corrected chi connectivity index (χ4v) is 11.0. The summed E-state index contributed by atoms with van der Waals surface area (Å²) in [5.41, 5.74) is -1.98. The molecule has 0 spiro atoms. The molecule has 392 valence electrons. The zero-order chi connectivity index (χ0) is 53.1. The molecule has 1 saturated heterocycles. The van der Waals surface area contributed by atoms with Gasteiger partial charge in [0.15, 0.2) is 0 Å². The molecule has 2 amide bonds. The number of amides is 2. The van der Waals surface area contributed by atoms with Gasteiger partial charge in [0.1, 0.15) is 47.3 Å². The van der Waals surface area contributed by atoms with Crippen LogP contribution in [0.2, 0.25) is 15.1 Å². The third-order valence-corrected chi connectivity index (χ3v) is 14.3. The molecule has 4 aromatic rings. The summed E-state index contributed by atoms with van der Waals surface area (Å²) in [6.45, 7) is 16.9. The van der Waals surface area contributed by atoms with Gasteiger partial charge in [0.25, 0.3) is 5.91 Å². The van der Waals surface area contributed by atoms with E-state index in [-0.39, 0.29) is 71.0 Å². The smallest absolute Gasteiger partial charge is 0.251 e. The first kappa shape index (κ1) is 57.2. The maximum atomic E-state index is 15.9. The number of nitriles is 2. The molecule has 4 aromatic carbocycles. The Hall–Kier alpha value is -5.07. The zero-order valence-electron chi connectivity index (χ0n) is 42.2. The Morgan fingerprint density at radius 3 is 1.93 bits per heavy atom. The third kappa shape index (κ3) is 13.6. The summed E-state index contributed by atoms with van der Waals surface area (Å²) in [7, 11) is 0. The number of rotatable bonds is 24. The van der Waals surface area contributed by atoms with E-state index in [2.05, 4.69) is 55.8 Å². The second-order valence-corrected chi connectivity index (χ2v) is 21.9. The Morgan fingerprint density at radius 1 is 0.753 bits per heavy atom. The molecule has 1 unspecified atom stereocenters. The number of hydrogen-bond donors (Lipinski definition) is 3. The van der Waals surface area contributed by atoms with E-state index >= 15 is 8.78 Å². The van der Waals surface area contributed by atoms with Crippen LogP contribution < -0.4 is 25.4 Å². The van der Waals surface area contributed by atoms with Crippen molar-refractivity contribution in [2.24, 2.45) is 16.2 Å². The highest BCUT2D eigenvalue weighted by Crippen LogP contribution is 2.56. The van der Waals surface area contributed by atoms with Gasteiger partial charge in [0, 0.05) is 57.6 Å². The minimum atomic E-state index is -1.72. The Bertz CT molecular complexity index is 2620. The molecule has 1 heterocycles. The lowest BCUT2D eigenvalue weighted by molar-refractivity contribution is -0.164. The summed E-state index contributed by atoms with van der Waals surface area (Å²) >= 11 is 18.6. The van der Waals surface area contributed by atoms with E-state index in [0.29, 0.717) is 73.7 Å². The minimum Gasteiger partial charge on any atom is -0.491 e. The van der Waals surface area contributed by atoms with Crippen molar-refractivity contribution in [2.75, 3.05) is 66.0 Å².